The van der Waals surface area contributed by atoms with Crippen LogP contribution in [0.5, 0.6) is 0 Å². The number of ketones is 1. The van der Waals surface area contributed by atoms with Crippen molar-refractivity contribution in [3.05, 3.63) is 77.7 Å². The zero-order valence-corrected chi connectivity index (χ0v) is 17.7. The maximum absolute atomic E-state index is 12.9. The Balaban J connectivity index is 0.00000124. The first kappa shape index (κ1) is 22.2. The summed E-state index contributed by atoms with van der Waals surface area (Å²) in [5, 5.41) is 5.99. The van der Waals surface area contributed by atoms with E-state index in [1.165, 1.54) is 12.1 Å². The third kappa shape index (κ3) is 5.35. The molecule has 0 bridgehead atoms. The second-order valence-electron chi connectivity index (χ2n) is 7.36. The predicted molar refractivity (Wildman–Crippen MR) is 119 cm³/mol. The number of likely N-dealkylation sites (tertiary alicyclic amines) is 1. The van der Waals surface area contributed by atoms with Gasteiger partial charge in [0.05, 0.1) is 5.69 Å². The minimum atomic E-state index is -0.317. The number of hydrogen-bond donors (Lipinski definition) is 0. The van der Waals surface area contributed by atoms with Crippen molar-refractivity contribution in [2.75, 3.05) is 19.6 Å². The fourth-order valence-electron chi connectivity index (χ4n) is 3.90. The fraction of sp³-hybridized carbons (Fsp3) is 0.333. The molecule has 0 radical (unpaired) electrons. The molecule has 30 heavy (non-hydrogen) atoms. The van der Waals surface area contributed by atoms with Crippen molar-refractivity contribution in [2.24, 2.45) is 0 Å². The van der Waals surface area contributed by atoms with Crippen molar-refractivity contribution >= 4 is 28.4 Å². The van der Waals surface area contributed by atoms with E-state index in [9.17, 15) is 9.18 Å². The van der Waals surface area contributed by atoms with Crippen molar-refractivity contribution in [1.82, 2.24) is 10.1 Å². The molecule has 0 N–H and O–H groups in total. The van der Waals surface area contributed by atoms with Gasteiger partial charge in [0.2, 0.25) is 0 Å². The number of hydrogen-bond acceptors (Lipinski definition) is 4. The van der Waals surface area contributed by atoms with E-state index in [0.29, 0.717) is 22.9 Å². The van der Waals surface area contributed by atoms with E-state index in [2.05, 4.69) is 23.2 Å². The van der Waals surface area contributed by atoms with E-state index >= 15 is 0 Å². The maximum Gasteiger partial charge on any atom is 0.168 e. The quantitative estimate of drug-likeness (QED) is 0.343. The summed E-state index contributed by atoms with van der Waals surface area (Å²) in [7, 11) is 0. The Kier molecular flexibility index (Phi) is 7.77. The van der Waals surface area contributed by atoms with Crippen LogP contribution in [0.3, 0.4) is 0 Å². The molecule has 1 aliphatic heterocycles. The molecule has 0 atom stereocenters. The zero-order valence-electron chi connectivity index (χ0n) is 16.9. The van der Waals surface area contributed by atoms with E-state index in [1.54, 1.807) is 18.2 Å². The SMILES string of the molecule is C=C.O=C(CCCN1CCC(c2noc3cc(Cl)ccc23)CC1)c1ccc(F)cc1. The van der Waals surface area contributed by atoms with Gasteiger partial charge in [-0.3, -0.25) is 4.79 Å². The smallest absolute Gasteiger partial charge is 0.168 e. The van der Waals surface area contributed by atoms with Crippen molar-refractivity contribution in [3.8, 4) is 0 Å². The van der Waals surface area contributed by atoms with Crippen LogP contribution >= 0.6 is 11.6 Å². The van der Waals surface area contributed by atoms with Gasteiger partial charge < -0.3 is 9.42 Å². The molecule has 158 valence electrons. The lowest BCUT2D eigenvalue weighted by Gasteiger charge is -2.31. The molecule has 1 saturated heterocycles. The first-order valence-corrected chi connectivity index (χ1v) is 10.5. The van der Waals surface area contributed by atoms with Crippen LogP contribution in [0.2, 0.25) is 5.02 Å². The average Bonchev–Trinajstić information content (AvgIpc) is 3.19. The lowest BCUT2D eigenvalue weighted by molar-refractivity contribution is 0.0972. The Morgan fingerprint density at radius 1 is 1.17 bits per heavy atom. The molecule has 0 aliphatic carbocycles. The number of carbonyl (C=O) groups excluding carboxylic acids is 1. The highest BCUT2D eigenvalue weighted by Gasteiger charge is 2.25. The topological polar surface area (TPSA) is 46.3 Å². The van der Waals surface area contributed by atoms with E-state index < -0.39 is 0 Å². The van der Waals surface area contributed by atoms with Crippen LogP contribution in [0.15, 0.2) is 60.1 Å². The Bertz CT molecular complexity index is 979. The molecule has 4 nitrogen and oxygen atoms in total. The maximum atomic E-state index is 12.9. The highest BCUT2D eigenvalue weighted by atomic mass is 35.5. The van der Waals surface area contributed by atoms with Crippen molar-refractivity contribution in [2.45, 2.75) is 31.6 Å². The van der Waals surface area contributed by atoms with E-state index in [1.807, 2.05) is 12.1 Å². The first-order chi connectivity index (χ1) is 14.6. The van der Waals surface area contributed by atoms with Crippen LogP contribution in [0.1, 0.15) is 47.7 Å². The number of rotatable bonds is 6. The Hall–Kier alpha value is -2.50. The van der Waals surface area contributed by atoms with Gasteiger partial charge >= 0.3 is 0 Å². The number of benzene rings is 2. The minimum absolute atomic E-state index is 0.0719. The molecule has 1 fully saturated rings. The number of carbonyl (C=O) groups is 1. The standard InChI is InChI=1S/C22H22ClFN2O2.C2H4/c23-17-5-8-19-21(14-17)28-25-22(19)16-9-12-26(13-10-16)11-1-2-20(27)15-3-6-18(24)7-4-15;1-2/h3-8,14,16H,1-2,9-13H2;1-2H2. The molecule has 6 heteroatoms. The Morgan fingerprint density at radius 3 is 2.57 bits per heavy atom. The first-order valence-electron chi connectivity index (χ1n) is 10.2. The van der Waals surface area contributed by atoms with Crippen LogP contribution in [0.25, 0.3) is 11.0 Å². The molecule has 1 aromatic heterocycles. The number of nitrogens with zero attached hydrogens (tertiary/aromatic N) is 2. The molecule has 4 rings (SSSR count). The second kappa shape index (κ2) is 10.5. The Morgan fingerprint density at radius 2 is 1.87 bits per heavy atom. The van der Waals surface area contributed by atoms with Crippen LogP contribution < -0.4 is 0 Å². The van der Waals surface area contributed by atoms with Crippen molar-refractivity contribution in [3.63, 3.8) is 0 Å². The molecule has 0 spiro atoms. The average molecular weight is 429 g/mol. The summed E-state index contributed by atoms with van der Waals surface area (Å²) >= 11 is 6.01. The summed E-state index contributed by atoms with van der Waals surface area (Å²) in [6.07, 6.45) is 3.35. The Labute approximate surface area is 181 Å². The molecule has 3 aromatic rings. The second-order valence-corrected chi connectivity index (χ2v) is 7.79. The molecule has 2 heterocycles. The van der Waals surface area contributed by atoms with Gasteiger partial charge in [-0.1, -0.05) is 16.8 Å². The molecular weight excluding hydrogens is 403 g/mol. The fourth-order valence-corrected chi connectivity index (χ4v) is 4.06. The molecular formula is C24H26ClFN2O2. The largest absolute Gasteiger partial charge is 0.356 e. The van der Waals surface area contributed by atoms with Gasteiger partial charge in [-0.25, -0.2) is 4.39 Å². The highest BCUT2D eigenvalue weighted by Crippen LogP contribution is 2.33. The number of aromatic nitrogens is 1. The van der Waals surface area contributed by atoms with Crippen LogP contribution in [-0.4, -0.2) is 35.5 Å². The van der Waals surface area contributed by atoms with Crippen molar-refractivity contribution in [1.29, 1.82) is 0 Å². The van der Waals surface area contributed by atoms with E-state index in [0.717, 1.165) is 55.6 Å². The zero-order chi connectivity index (χ0) is 21.5. The number of halogens is 2. The normalized spacial score (nSPS) is 15.0. The number of fused-ring (bicyclic) bond motifs is 1. The highest BCUT2D eigenvalue weighted by molar-refractivity contribution is 6.31. The third-order valence-electron chi connectivity index (χ3n) is 5.48. The monoisotopic (exact) mass is 428 g/mol. The summed E-state index contributed by atoms with van der Waals surface area (Å²) in [6, 6.07) is 11.4. The van der Waals surface area contributed by atoms with Gasteiger partial charge in [0, 0.05) is 34.4 Å². The van der Waals surface area contributed by atoms with Gasteiger partial charge in [-0.15, -0.1) is 13.2 Å². The summed E-state index contributed by atoms with van der Waals surface area (Å²) in [4.78, 5) is 14.6. The summed E-state index contributed by atoms with van der Waals surface area (Å²) < 4.78 is 18.4. The van der Waals surface area contributed by atoms with Gasteiger partial charge in [-0.05, 0) is 75.3 Å². The van der Waals surface area contributed by atoms with E-state index in [4.69, 9.17) is 16.1 Å². The van der Waals surface area contributed by atoms with Crippen LogP contribution in [0, 0.1) is 5.82 Å². The van der Waals surface area contributed by atoms with E-state index in [-0.39, 0.29) is 11.6 Å². The van der Waals surface area contributed by atoms with Gasteiger partial charge in [0.25, 0.3) is 0 Å². The predicted octanol–water partition coefficient (Wildman–Crippen LogP) is 6.27. The van der Waals surface area contributed by atoms with Gasteiger partial charge in [0.1, 0.15) is 5.82 Å². The molecule has 2 aromatic carbocycles. The molecule has 0 saturated carbocycles. The summed E-state index contributed by atoms with van der Waals surface area (Å²) in [5.41, 5.74) is 2.35. The third-order valence-corrected chi connectivity index (χ3v) is 5.72. The molecule has 0 amide bonds. The van der Waals surface area contributed by atoms with Gasteiger partial charge in [0.15, 0.2) is 11.4 Å². The lowest BCUT2D eigenvalue weighted by atomic mass is 9.91. The lowest BCUT2D eigenvalue weighted by Crippen LogP contribution is -2.34. The molecule has 1 aliphatic rings. The van der Waals surface area contributed by atoms with Crippen LogP contribution in [-0.2, 0) is 0 Å². The number of Topliss-reactive ketones (excluding diaryl/α,β-unsaturated/α-hetero) is 1. The van der Waals surface area contributed by atoms with Gasteiger partial charge in [-0.2, -0.15) is 0 Å². The summed E-state index contributed by atoms with van der Waals surface area (Å²) in [6.45, 7) is 8.86. The van der Waals surface area contributed by atoms with Crippen molar-refractivity contribution < 1.29 is 13.7 Å². The molecule has 0 unspecified atom stereocenters. The van der Waals surface area contributed by atoms with Crippen LogP contribution in [0.4, 0.5) is 4.39 Å². The number of piperidine rings is 1. The minimum Gasteiger partial charge on any atom is -0.356 e. The summed E-state index contributed by atoms with van der Waals surface area (Å²) in [5.74, 6) is 0.143.